The summed E-state index contributed by atoms with van der Waals surface area (Å²) in [7, 11) is 2.03. The summed E-state index contributed by atoms with van der Waals surface area (Å²) in [6.45, 7) is 4.90. The lowest BCUT2D eigenvalue weighted by Gasteiger charge is -2.29. The minimum atomic E-state index is -0.484. The second kappa shape index (κ2) is 6.64. The number of hydrogen-bond acceptors (Lipinski definition) is 3. The molecule has 0 radical (unpaired) electrons. The van der Waals surface area contributed by atoms with E-state index in [4.69, 9.17) is 0 Å². The summed E-state index contributed by atoms with van der Waals surface area (Å²) in [5.41, 5.74) is 3.37. The van der Waals surface area contributed by atoms with Gasteiger partial charge in [-0.1, -0.05) is 29.8 Å². The largest absolute Gasteiger partial charge is 0.387 e. The molecule has 106 valence electrons. The van der Waals surface area contributed by atoms with Crippen LogP contribution in [0.25, 0.3) is 0 Å². The fourth-order valence-electron chi connectivity index (χ4n) is 2.20. The van der Waals surface area contributed by atoms with E-state index in [1.54, 1.807) is 12.4 Å². The summed E-state index contributed by atoms with van der Waals surface area (Å²) in [6.07, 6.45) is 3.11. The van der Waals surface area contributed by atoms with Crippen LogP contribution in [0.2, 0.25) is 0 Å². The molecule has 0 spiro atoms. The normalized spacial score (nSPS) is 14.2. The molecule has 0 saturated carbocycles. The van der Waals surface area contributed by atoms with Crippen molar-refractivity contribution in [2.24, 2.45) is 0 Å². The van der Waals surface area contributed by atoms with Crippen LogP contribution in [0.5, 0.6) is 0 Å². The molecule has 0 aliphatic rings. The SMILES string of the molecule is Cc1ccc(C(O)C(C)N(C)Cc2ccncc2)cc1. The lowest BCUT2D eigenvalue weighted by molar-refractivity contribution is 0.0688. The Balaban J connectivity index is 2.02. The second-order valence-corrected chi connectivity index (χ2v) is 5.37. The number of aliphatic hydroxyl groups is 1. The highest BCUT2D eigenvalue weighted by Crippen LogP contribution is 2.21. The van der Waals surface area contributed by atoms with Crippen molar-refractivity contribution in [3.05, 3.63) is 65.5 Å². The van der Waals surface area contributed by atoms with Gasteiger partial charge in [-0.3, -0.25) is 9.88 Å². The Hall–Kier alpha value is -1.71. The van der Waals surface area contributed by atoms with E-state index in [1.165, 1.54) is 11.1 Å². The predicted octanol–water partition coefficient (Wildman–Crippen LogP) is 2.94. The highest BCUT2D eigenvalue weighted by molar-refractivity contribution is 5.24. The molecule has 0 aliphatic carbocycles. The van der Waals surface area contributed by atoms with Gasteiger partial charge in [-0.25, -0.2) is 0 Å². The lowest BCUT2D eigenvalue weighted by atomic mass is 10.0. The Labute approximate surface area is 120 Å². The Bertz CT molecular complexity index is 524. The average molecular weight is 270 g/mol. The number of rotatable bonds is 5. The van der Waals surface area contributed by atoms with Gasteiger partial charge in [-0.05, 0) is 44.2 Å². The number of aryl methyl sites for hydroxylation is 1. The van der Waals surface area contributed by atoms with Gasteiger partial charge in [0.1, 0.15) is 0 Å². The summed E-state index contributed by atoms with van der Waals surface area (Å²) in [5, 5.41) is 10.5. The zero-order chi connectivity index (χ0) is 14.5. The maximum Gasteiger partial charge on any atom is 0.0942 e. The molecule has 2 atom stereocenters. The maximum absolute atomic E-state index is 10.5. The van der Waals surface area contributed by atoms with Crippen LogP contribution in [-0.2, 0) is 6.54 Å². The molecule has 0 aliphatic heterocycles. The fraction of sp³-hybridized carbons (Fsp3) is 0.353. The first-order valence-corrected chi connectivity index (χ1v) is 6.91. The van der Waals surface area contributed by atoms with E-state index in [0.717, 1.165) is 12.1 Å². The van der Waals surface area contributed by atoms with Gasteiger partial charge < -0.3 is 5.11 Å². The molecule has 20 heavy (non-hydrogen) atoms. The number of benzene rings is 1. The topological polar surface area (TPSA) is 36.4 Å². The Morgan fingerprint density at radius 1 is 1.10 bits per heavy atom. The summed E-state index contributed by atoms with van der Waals surface area (Å²) in [6, 6.07) is 12.1. The third-order valence-corrected chi connectivity index (χ3v) is 3.75. The molecular weight excluding hydrogens is 248 g/mol. The molecule has 3 heteroatoms. The van der Waals surface area contributed by atoms with Gasteiger partial charge in [0.05, 0.1) is 6.10 Å². The third kappa shape index (κ3) is 3.65. The van der Waals surface area contributed by atoms with Crippen molar-refractivity contribution in [2.45, 2.75) is 32.5 Å². The first kappa shape index (κ1) is 14.7. The first-order valence-electron chi connectivity index (χ1n) is 6.91. The van der Waals surface area contributed by atoms with Crippen molar-refractivity contribution >= 4 is 0 Å². The minimum Gasteiger partial charge on any atom is -0.387 e. The summed E-state index contributed by atoms with van der Waals surface area (Å²) < 4.78 is 0. The zero-order valence-corrected chi connectivity index (χ0v) is 12.3. The van der Waals surface area contributed by atoms with Crippen LogP contribution in [0.15, 0.2) is 48.8 Å². The molecule has 1 N–H and O–H groups in total. The van der Waals surface area contributed by atoms with Gasteiger partial charge in [0, 0.05) is 25.0 Å². The van der Waals surface area contributed by atoms with Crippen molar-refractivity contribution in [3.8, 4) is 0 Å². The number of nitrogens with zero attached hydrogens (tertiary/aromatic N) is 2. The van der Waals surface area contributed by atoms with Crippen molar-refractivity contribution in [3.63, 3.8) is 0 Å². The molecular formula is C17H22N2O. The van der Waals surface area contributed by atoms with E-state index in [9.17, 15) is 5.11 Å². The van der Waals surface area contributed by atoms with Crippen LogP contribution < -0.4 is 0 Å². The van der Waals surface area contributed by atoms with Gasteiger partial charge in [0.25, 0.3) is 0 Å². The molecule has 1 heterocycles. The smallest absolute Gasteiger partial charge is 0.0942 e. The molecule has 0 bridgehead atoms. The van der Waals surface area contributed by atoms with Crippen molar-refractivity contribution in [1.29, 1.82) is 0 Å². The fourth-order valence-corrected chi connectivity index (χ4v) is 2.20. The minimum absolute atomic E-state index is 0.0471. The standard InChI is InChI=1S/C17H22N2O/c1-13-4-6-16(7-5-13)17(20)14(2)19(3)12-15-8-10-18-11-9-15/h4-11,14,17,20H,12H2,1-3H3. The molecule has 1 aromatic carbocycles. The summed E-state index contributed by atoms with van der Waals surface area (Å²) in [5.74, 6) is 0. The first-order chi connectivity index (χ1) is 9.58. The number of pyridine rings is 1. The third-order valence-electron chi connectivity index (χ3n) is 3.75. The average Bonchev–Trinajstić information content (AvgIpc) is 2.47. The van der Waals surface area contributed by atoms with Gasteiger partial charge in [0.2, 0.25) is 0 Å². The van der Waals surface area contributed by atoms with E-state index < -0.39 is 6.10 Å². The molecule has 2 rings (SSSR count). The van der Waals surface area contributed by atoms with Crippen LogP contribution >= 0.6 is 0 Å². The summed E-state index contributed by atoms with van der Waals surface area (Å²) in [4.78, 5) is 6.17. The van der Waals surface area contributed by atoms with E-state index in [2.05, 4.69) is 16.8 Å². The number of aliphatic hydroxyl groups excluding tert-OH is 1. The van der Waals surface area contributed by atoms with E-state index in [1.807, 2.05) is 50.4 Å². The van der Waals surface area contributed by atoms with Crippen LogP contribution in [0.4, 0.5) is 0 Å². The molecule has 0 saturated heterocycles. The van der Waals surface area contributed by atoms with Crippen LogP contribution in [0.3, 0.4) is 0 Å². The predicted molar refractivity (Wildman–Crippen MR) is 81.3 cm³/mol. The Morgan fingerprint density at radius 2 is 1.70 bits per heavy atom. The van der Waals surface area contributed by atoms with Crippen LogP contribution in [-0.4, -0.2) is 28.1 Å². The Morgan fingerprint density at radius 3 is 2.30 bits per heavy atom. The van der Waals surface area contributed by atoms with E-state index in [-0.39, 0.29) is 6.04 Å². The molecule has 1 aromatic heterocycles. The molecule has 0 amide bonds. The quantitative estimate of drug-likeness (QED) is 0.907. The molecule has 3 nitrogen and oxygen atoms in total. The molecule has 2 unspecified atom stereocenters. The van der Waals surface area contributed by atoms with Gasteiger partial charge in [0.15, 0.2) is 0 Å². The number of hydrogen-bond donors (Lipinski definition) is 1. The Kier molecular flexibility index (Phi) is 4.88. The highest BCUT2D eigenvalue weighted by Gasteiger charge is 2.20. The molecule has 0 fully saturated rings. The number of likely N-dealkylation sites (N-methyl/N-ethyl adjacent to an activating group) is 1. The van der Waals surface area contributed by atoms with Crippen LogP contribution in [0, 0.1) is 6.92 Å². The monoisotopic (exact) mass is 270 g/mol. The summed E-state index contributed by atoms with van der Waals surface area (Å²) >= 11 is 0. The maximum atomic E-state index is 10.5. The highest BCUT2D eigenvalue weighted by atomic mass is 16.3. The van der Waals surface area contributed by atoms with Crippen molar-refractivity contribution in [2.75, 3.05) is 7.05 Å². The van der Waals surface area contributed by atoms with E-state index in [0.29, 0.717) is 0 Å². The van der Waals surface area contributed by atoms with Gasteiger partial charge in [-0.15, -0.1) is 0 Å². The van der Waals surface area contributed by atoms with Gasteiger partial charge in [-0.2, -0.15) is 0 Å². The van der Waals surface area contributed by atoms with Gasteiger partial charge >= 0.3 is 0 Å². The zero-order valence-electron chi connectivity index (χ0n) is 12.3. The van der Waals surface area contributed by atoms with Crippen molar-refractivity contribution in [1.82, 2.24) is 9.88 Å². The van der Waals surface area contributed by atoms with Crippen LogP contribution in [0.1, 0.15) is 29.7 Å². The number of aromatic nitrogens is 1. The van der Waals surface area contributed by atoms with Crippen molar-refractivity contribution < 1.29 is 5.11 Å². The van der Waals surface area contributed by atoms with E-state index >= 15 is 0 Å². The second-order valence-electron chi connectivity index (χ2n) is 5.37. The molecule has 2 aromatic rings. The lowest BCUT2D eigenvalue weighted by Crippen LogP contribution is -2.33.